The maximum atomic E-state index is 5.61. The summed E-state index contributed by atoms with van der Waals surface area (Å²) in [5.41, 5.74) is 8.92. The second-order valence-electron chi connectivity index (χ2n) is 4.82. The fourth-order valence-corrected chi connectivity index (χ4v) is 2.87. The van der Waals surface area contributed by atoms with E-state index in [4.69, 9.17) is 5.73 Å². The Morgan fingerprint density at radius 2 is 2.39 bits per heavy atom. The first kappa shape index (κ1) is 11.5. The summed E-state index contributed by atoms with van der Waals surface area (Å²) in [6.07, 6.45) is 8.32. The molecule has 0 aromatic carbocycles. The summed E-state index contributed by atoms with van der Waals surface area (Å²) in [6.45, 7) is 3.37. The molecule has 3 heterocycles. The third kappa shape index (κ3) is 2.18. The Morgan fingerprint density at radius 3 is 3.17 bits per heavy atom. The fraction of sp³-hybridized carbons (Fsp3) is 0.385. The van der Waals surface area contributed by atoms with Crippen molar-refractivity contribution in [2.45, 2.75) is 26.3 Å². The van der Waals surface area contributed by atoms with Crippen LogP contribution in [-0.2, 0) is 13.0 Å². The Bertz CT molecular complexity index is 582. The number of nitrogens with two attached hydrogens (primary N) is 1. The molecule has 2 aromatic heterocycles. The Hall–Kier alpha value is -1.62. The molecule has 0 saturated carbocycles. The van der Waals surface area contributed by atoms with Crippen LogP contribution < -0.4 is 5.73 Å². The van der Waals surface area contributed by atoms with Crippen LogP contribution in [0.25, 0.3) is 12.2 Å². The first-order chi connectivity index (χ1) is 8.72. The average Bonchev–Trinajstić information content (AvgIpc) is 2.92. The molecule has 1 unspecified atom stereocenters. The lowest BCUT2D eigenvalue weighted by Gasteiger charge is -2.20. The van der Waals surface area contributed by atoms with Gasteiger partial charge in [0.05, 0.1) is 17.7 Å². The van der Waals surface area contributed by atoms with Gasteiger partial charge in [-0.3, -0.25) is 0 Å². The zero-order valence-corrected chi connectivity index (χ0v) is 11.2. The zero-order chi connectivity index (χ0) is 12.5. The molecule has 1 atom stereocenters. The molecule has 0 amide bonds. The summed E-state index contributed by atoms with van der Waals surface area (Å²) in [4.78, 5) is 8.68. The van der Waals surface area contributed by atoms with Crippen LogP contribution in [0, 0.1) is 5.92 Å². The van der Waals surface area contributed by atoms with Gasteiger partial charge in [-0.2, -0.15) is 0 Å². The summed E-state index contributed by atoms with van der Waals surface area (Å²) >= 11 is 1.46. The van der Waals surface area contributed by atoms with E-state index in [0.717, 1.165) is 30.3 Å². The van der Waals surface area contributed by atoms with Crippen molar-refractivity contribution in [3.63, 3.8) is 0 Å². The number of hydrogen-bond acceptors (Lipinski definition) is 4. The van der Waals surface area contributed by atoms with Gasteiger partial charge in [0, 0.05) is 17.6 Å². The maximum Gasteiger partial charge on any atom is 0.180 e. The molecule has 18 heavy (non-hydrogen) atoms. The molecule has 1 aliphatic heterocycles. The number of thiazole rings is 1. The van der Waals surface area contributed by atoms with Crippen LogP contribution in [0.4, 0.5) is 5.13 Å². The van der Waals surface area contributed by atoms with Gasteiger partial charge in [-0.05, 0) is 30.9 Å². The molecule has 3 rings (SSSR count). The number of fused-ring (bicyclic) bond motifs is 1. The van der Waals surface area contributed by atoms with Crippen LogP contribution in [0.3, 0.4) is 0 Å². The highest BCUT2D eigenvalue weighted by atomic mass is 32.1. The van der Waals surface area contributed by atoms with Crippen LogP contribution >= 0.6 is 11.3 Å². The smallest absolute Gasteiger partial charge is 0.180 e. The highest BCUT2D eigenvalue weighted by molar-refractivity contribution is 7.13. The normalized spacial score (nSPS) is 19.3. The second-order valence-corrected chi connectivity index (χ2v) is 5.71. The number of aromatic nitrogens is 3. The molecule has 2 aromatic rings. The molecule has 94 valence electrons. The van der Waals surface area contributed by atoms with Crippen LogP contribution in [0.15, 0.2) is 11.7 Å². The number of rotatable bonds is 2. The van der Waals surface area contributed by atoms with Crippen molar-refractivity contribution in [1.29, 1.82) is 0 Å². The van der Waals surface area contributed by atoms with Crippen LogP contribution in [0.1, 0.15) is 30.4 Å². The number of hydrogen-bond donors (Lipinski definition) is 1. The Labute approximate surface area is 110 Å². The molecule has 5 heteroatoms. The van der Waals surface area contributed by atoms with Crippen molar-refractivity contribution in [2.75, 3.05) is 5.73 Å². The molecule has 0 fully saturated rings. The van der Waals surface area contributed by atoms with E-state index in [1.54, 1.807) is 0 Å². The molecule has 2 N–H and O–H groups in total. The molecule has 0 radical (unpaired) electrons. The van der Waals surface area contributed by atoms with Gasteiger partial charge >= 0.3 is 0 Å². The van der Waals surface area contributed by atoms with E-state index < -0.39 is 0 Å². The van der Waals surface area contributed by atoms with E-state index in [9.17, 15) is 0 Å². The number of nitrogens with zero attached hydrogens (tertiary/aromatic N) is 3. The monoisotopic (exact) mass is 260 g/mol. The molecular weight excluding hydrogens is 244 g/mol. The van der Waals surface area contributed by atoms with Crippen molar-refractivity contribution in [3.05, 3.63) is 28.8 Å². The minimum Gasteiger partial charge on any atom is -0.375 e. The number of nitrogen functional groups attached to an aromatic ring is 1. The highest BCUT2D eigenvalue weighted by Gasteiger charge is 2.17. The predicted octanol–water partition coefficient (Wildman–Crippen LogP) is 2.67. The molecule has 0 spiro atoms. The first-order valence-corrected chi connectivity index (χ1v) is 7.03. The van der Waals surface area contributed by atoms with Gasteiger partial charge < -0.3 is 10.3 Å². The van der Waals surface area contributed by atoms with Crippen molar-refractivity contribution in [2.24, 2.45) is 5.92 Å². The lowest BCUT2D eigenvalue weighted by Crippen LogP contribution is -2.17. The number of imidazole rings is 1. The van der Waals surface area contributed by atoms with Gasteiger partial charge in [0.1, 0.15) is 0 Å². The van der Waals surface area contributed by atoms with Gasteiger partial charge in [-0.15, -0.1) is 11.3 Å². The van der Waals surface area contributed by atoms with Gasteiger partial charge in [0.2, 0.25) is 0 Å². The van der Waals surface area contributed by atoms with E-state index in [-0.39, 0.29) is 0 Å². The molecule has 0 saturated heterocycles. The average molecular weight is 260 g/mol. The lowest BCUT2D eigenvalue weighted by atomic mass is 9.99. The van der Waals surface area contributed by atoms with Gasteiger partial charge in [-0.25, -0.2) is 9.97 Å². The molecular formula is C13H16N4S. The Balaban J connectivity index is 1.83. The fourth-order valence-electron chi connectivity index (χ4n) is 2.34. The van der Waals surface area contributed by atoms with E-state index in [0.29, 0.717) is 5.13 Å². The van der Waals surface area contributed by atoms with Gasteiger partial charge in [-0.1, -0.05) is 6.92 Å². The summed E-state index contributed by atoms with van der Waals surface area (Å²) in [7, 11) is 0. The minimum absolute atomic E-state index is 0.607. The largest absolute Gasteiger partial charge is 0.375 e. The third-order valence-corrected chi connectivity index (χ3v) is 4.00. The third-order valence-electron chi connectivity index (χ3n) is 3.31. The predicted molar refractivity (Wildman–Crippen MR) is 75.2 cm³/mol. The minimum atomic E-state index is 0.607. The van der Waals surface area contributed by atoms with Crippen molar-refractivity contribution >= 4 is 28.6 Å². The van der Waals surface area contributed by atoms with Gasteiger partial charge in [0.25, 0.3) is 0 Å². The van der Waals surface area contributed by atoms with E-state index in [2.05, 4.69) is 21.5 Å². The number of anilines is 1. The van der Waals surface area contributed by atoms with E-state index in [1.165, 1.54) is 23.5 Å². The summed E-state index contributed by atoms with van der Waals surface area (Å²) < 4.78 is 2.27. The summed E-state index contributed by atoms with van der Waals surface area (Å²) in [6, 6.07) is 0. The topological polar surface area (TPSA) is 56.7 Å². The molecule has 0 aliphatic carbocycles. The van der Waals surface area contributed by atoms with Crippen molar-refractivity contribution in [3.8, 4) is 0 Å². The Kier molecular flexibility index (Phi) is 2.91. The molecule has 1 aliphatic rings. The van der Waals surface area contributed by atoms with Crippen LogP contribution in [0.5, 0.6) is 0 Å². The lowest BCUT2D eigenvalue weighted by molar-refractivity contribution is 0.399. The summed E-state index contributed by atoms with van der Waals surface area (Å²) in [5, 5.41) is 2.56. The Morgan fingerprint density at radius 1 is 1.50 bits per heavy atom. The zero-order valence-electron chi connectivity index (χ0n) is 10.3. The maximum absolute atomic E-state index is 5.61. The van der Waals surface area contributed by atoms with Crippen LogP contribution in [0.2, 0.25) is 0 Å². The SMILES string of the molecule is CC1CCc2c(/C=C/c3csc(N)n3)ncn2C1. The standard InChI is InChI=1S/C13H16N4S/c1-9-2-5-12-11(15-8-17(12)6-9)4-3-10-7-18-13(14)16-10/h3-4,7-9H,2,5-6H2,1H3,(H2,14,16)/b4-3+. The first-order valence-electron chi connectivity index (χ1n) is 6.15. The second kappa shape index (κ2) is 4.57. The molecule has 4 nitrogen and oxygen atoms in total. The summed E-state index contributed by atoms with van der Waals surface area (Å²) in [5.74, 6) is 0.752. The van der Waals surface area contributed by atoms with Crippen LogP contribution in [-0.4, -0.2) is 14.5 Å². The molecule has 0 bridgehead atoms. The quantitative estimate of drug-likeness (QED) is 0.903. The van der Waals surface area contributed by atoms with E-state index >= 15 is 0 Å². The highest BCUT2D eigenvalue weighted by Crippen LogP contribution is 2.23. The van der Waals surface area contributed by atoms with Crippen molar-refractivity contribution in [1.82, 2.24) is 14.5 Å². The van der Waals surface area contributed by atoms with Crippen molar-refractivity contribution < 1.29 is 0 Å². The van der Waals surface area contributed by atoms with E-state index in [1.807, 2.05) is 23.9 Å². The van der Waals surface area contributed by atoms with Gasteiger partial charge in [0.15, 0.2) is 5.13 Å².